The Bertz CT molecular complexity index is 452. The van der Waals surface area contributed by atoms with Gasteiger partial charge < -0.3 is 4.74 Å². The average molecular weight is 283 g/mol. The highest BCUT2D eigenvalue weighted by Crippen LogP contribution is 2.41. The van der Waals surface area contributed by atoms with Crippen LogP contribution in [0.2, 0.25) is 0 Å². The molecule has 1 aromatic rings. The van der Waals surface area contributed by atoms with Crippen LogP contribution in [0.3, 0.4) is 0 Å². The zero-order chi connectivity index (χ0) is 12.6. The Balaban J connectivity index is 1.76. The maximum absolute atomic E-state index is 12.5. The summed E-state index contributed by atoms with van der Waals surface area (Å²) in [4.78, 5) is 17.6. The van der Waals surface area contributed by atoms with E-state index in [1.807, 2.05) is 18.7 Å². The lowest BCUT2D eigenvalue weighted by atomic mass is 9.82. The van der Waals surface area contributed by atoms with Crippen molar-refractivity contribution in [2.24, 2.45) is 5.92 Å². The molecule has 3 heterocycles. The highest BCUT2D eigenvalue weighted by molar-refractivity contribution is 7.99. The van der Waals surface area contributed by atoms with Crippen molar-refractivity contribution in [1.29, 1.82) is 0 Å². The fraction of sp³-hybridized carbons (Fsp3) is 0.692. The first-order valence-corrected chi connectivity index (χ1v) is 8.40. The molecule has 3 rings (SSSR count). The number of hydrogen-bond acceptors (Lipinski definition) is 5. The second-order valence-corrected chi connectivity index (χ2v) is 7.11. The van der Waals surface area contributed by atoms with Gasteiger partial charge in [-0.05, 0) is 31.9 Å². The van der Waals surface area contributed by atoms with Crippen LogP contribution in [0.15, 0.2) is 5.51 Å². The van der Waals surface area contributed by atoms with Gasteiger partial charge in [0.25, 0.3) is 0 Å². The van der Waals surface area contributed by atoms with Gasteiger partial charge in [-0.25, -0.2) is 4.98 Å². The molecular formula is C13H17NO2S2. The Labute approximate surface area is 115 Å². The molecule has 0 aliphatic carbocycles. The van der Waals surface area contributed by atoms with Crippen LogP contribution in [-0.2, 0) is 4.74 Å². The Kier molecular flexibility index (Phi) is 3.47. The zero-order valence-corrected chi connectivity index (χ0v) is 12.1. The van der Waals surface area contributed by atoms with Crippen molar-refractivity contribution in [1.82, 2.24) is 4.98 Å². The molecule has 2 aliphatic rings. The number of ketones is 1. The van der Waals surface area contributed by atoms with Gasteiger partial charge in [0.05, 0.1) is 21.7 Å². The van der Waals surface area contributed by atoms with E-state index in [0.717, 1.165) is 42.2 Å². The maximum atomic E-state index is 12.5. The third kappa shape index (κ3) is 2.24. The van der Waals surface area contributed by atoms with Gasteiger partial charge >= 0.3 is 0 Å². The van der Waals surface area contributed by atoms with Crippen molar-refractivity contribution in [2.45, 2.75) is 31.8 Å². The summed E-state index contributed by atoms with van der Waals surface area (Å²) < 4.78 is 5.97. The minimum Gasteiger partial charge on any atom is -0.374 e. The highest BCUT2D eigenvalue weighted by Gasteiger charge is 2.42. The first-order valence-electron chi connectivity index (χ1n) is 6.36. The Morgan fingerprint density at radius 1 is 1.61 bits per heavy atom. The number of carbonyl (C=O) groups is 1. The molecule has 18 heavy (non-hydrogen) atoms. The second-order valence-electron chi connectivity index (χ2n) is 5.15. The normalized spacial score (nSPS) is 31.9. The number of nitrogens with zero attached hydrogens (tertiary/aromatic N) is 1. The number of ether oxygens (including phenoxy) is 1. The van der Waals surface area contributed by atoms with E-state index in [4.69, 9.17) is 4.74 Å². The average Bonchev–Trinajstić information content (AvgIpc) is 2.98. The van der Waals surface area contributed by atoms with Crippen LogP contribution >= 0.6 is 23.1 Å². The Hall–Kier alpha value is -0.390. The quantitative estimate of drug-likeness (QED) is 0.782. The molecule has 0 N–H and O–H groups in total. The first kappa shape index (κ1) is 12.6. The molecule has 1 aromatic heterocycles. The molecule has 2 unspecified atom stereocenters. The molecule has 5 heteroatoms. The molecule has 1 spiro atoms. The van der Waals surface area contributed by atoms with Gasteiger partial charge in [-0.15, -0.1) is 11.3 Å². The van der Waals surface area contributed by atoms with Crippen LogP contribution in [0.25, 0.3) is 0 Å². The minimum atomic E-state index is -0.0121. The number of Topliss-reactive ketones (excluding diaryl/α,β-unsaturated/α-hetero) is 1. The smallest absolute Gasteiger partial charge is 0.177 e. The summed E-state index contributed by atoms with van der Waals surface area (Å²) in [5, 5.41) is 0. The molecule has 2 aliphatic heterocycles. The molecule has 98 valence electrons. The molecule has 0 radical (unpaired) electrons. The zero-order valence-electron chi connectivity index (χ0n) is 10.5. The predicted molar refractivity (Wildman–Crippen MR) is 74.5 cm³/mol. The predicted octanol–water partition coefficient (Wildman–Crippen LogP) is 2.94. The molecule has 0 saturated carbocycles. The van der Waals surface area contributed by atoms with Crippen LogP contribution in [0.4, 0.5) is 0 Å². The van der Waals surface area contributed by atoms with Crippen LogP contribution in [-0.4, -0.2) is 34.5 Å². The summed E-state index contributed by atoms with van der Waals surface area (Å²) in [5.41, 5.74) is 2.64. The van der Waals surface area contributed by atoms with Crippen LogP contribution in [0.5, 0.6) is 0 Å². The van der Waals surface area contributed by atoms with Gasteiger partial charge in [0.1, 0.15) is 0 Å². The van der Waals surface area contributed by atoms with Crippen molar-refractivity contribution in [2.75, 3.05) is 18.1 Å². The van der Waals surface area contributed by atoms with E-state index in [0.29, 0.717) is 0 Å². The summed E-state index contributed by atoms with van der Waals surface area (Å²) in [6.45, 7) is 2.65. The number of thiazole rings is 1. The standard InChI is InChI=1S/C13H17NO2S2/c1-9-12(18-8-14-9)11(15)10-2-4-16-13(6-10)3-5-17-7-13/h8,10H,2-7H2,1H3. The number of hydrogen-bond donors (Lipinski definition) is 0. The molecule has 2 atom stereocenters. The number of carbonyl (C=O) groups excluding carboxylic acids is 1. The highest BCUT2D eigenvalue weighted by atomic mass is 32.2. The van der Waals surface area contributed by atoms with Crippen molar-refractivity contribution in [3.63, 3.8) is 0 Å². The Morgan fingerprint density at radius 2 is 2.50 bits per heavy atom. The maximum Gasteiger partial charge on any atom is 0.177 e. The molecule has 0 amide bonds. The van der Waals surface area contributed by atoms with E-state index in [9.17, 15) is 4.79 Å². The third-order valence-electron chi connectivity index (χ3n) is 3.90. The van der Waals surface area contributed by atoms with E-state index in [2.05, 4.69) is 4.98 Å². The summed E-state index contributed by atoms with van der Waals surface area (Å²) in [5.74, 6) is 2.64. The monoisotopic (exact) mass is 283 g/mol. The lowest BCUT2D eigenvalue weighted by Gasteiger charge is -2.37. The topological polar surface area (TPSA) is 39.2 Å². The van der Waals surface area contributed by atoms with Crippen molar-refractivity contribution < 1.29 is 9.53 Å². The summed E-state index contributed by atoms with van der Waals surface area (Å²) in [6, 6.07) is 0. The fourth-order valence-corrected chi connectivity index (χ4v) is 5.04. The van der Waals surface area contributed by atoms with Crippen molar-refractivity contribution >= 4 is 28.9 Å². The van der Waals surface area contributed by atoms with Gasteiger partial charge in [0.15, 0.2) is 5.78 Å². The number of rotatable bonds is 2. The lowest BCUT2D eigenvalue weighted by molar-refractivity contribution is -0.0734. The van der Waals surface area contributed by atoms with Crippen molar-refractivity contribution in [3.05, 3.63) is 16.1 Å². The summed E-state index contributed by atoms with van der Waals surface area (Å²) in [7, 11) is 0. The second kappa shape index (κ2) is 4.94. The van der Waals surface area contributed by atoms with Gasteiger partial charge in [-0.3, -0.25) is 4.79 Å². The molecule has 0 bridgehead atoms. The number of thioether (sulfide) groups is 1. The minimum absolute atomic E-state index is 0.0121. The summed E-state index contributed by atoms with van der Waals surface area (Å²) in [6.07, 6.45) is 2.86. The van der Waals surface area contributed by atoms with E-state index in [1.54, 1.807) is 5.51 Å². The van der Waals surface area contributed by atoms with E-state index < -0.39 is 0 Å². The number of aryl methyl sites for hydroxylation is 1. The molecule has 2 fully saturated rings. The van der Waals surface area contributed by atoms with Gasteiger partial charge in [0, 0.05) is 18.3 Å². The fourth-order valence-electron chi connectivity index (χ4n) is 2.84. The van der Waals surface area contributed by atoms with E-state index in [-0.39, 0.29) is 17.3 Å². The molecule has 0 aromatic carbocycles. The lowest BCUT2D eigenvalue weighted by Crippen LogP contribution is -2.42. The molecule has 2 saturated heterocycles. The van der Waals surface area contributed by atoms with Gasteiger partial charge in [-0.2, -0.15) is 11.8 Å². The van der Waals surface area contributed by atoms with Gasteiger partial charge in [-0.1, -0.05) is 0 Å². The third-order valence-corrected chi connectivity index (χ3v) is 6.07. The van der Waals surface area contributed by atoms with E-state index >= 15 is 0 Å². The van der Waals surface area contributed by atoms with Gasteiger partial charge in [0.2, 0.25) is 0 Å². The number of aromatic nitrogens is 1. The van der Waals surface area contributed by atoms with Crippen LogP contribution in [0.1, 0.15) is 34.6 Å². The molecular weight excluding hydrogens is 266 g/mol. The Morgan fingerprint density at radius 3 is 3.17 bits per heavy atom. The largest absolute Gasteiger partial charge is 0.374 e. The van der Waals surface area contributed by atoms with E-state index in [1.165, 1.54) is 17.1 Å². The summed E-state index contributed by atoms with van der Waals surface area (Å²) >= 11 is 3.42. The van der Waals surface area contributed by atoms with Crippen LogP contribution < -0.4 is 0 Å². The SMILES string of the molecule is Cc1ncsc1C(=O)C1CCOC2(CCSC2)C1. The van der Waals surface area contributed by atoms with Crippen molar-refractivity contribution in [3.8, 4) is 0 Å². The molecule has 3 nitrogen and oxygen atoms in total. The van der Waals surface area contributed by atoms with Crippen LogP contribution in [0, 0.1) is 12.8 Å². The first-order chi connectivity index (χ1) is 8.70.